The Hall–Kier alpha value is -0.440. The molecule has 0 saturated carbocycles. The third kappa shape index (κ3) is 4.06. The van der Waals surface area contributed by atoms with Gasteiger partial charge in [0.25, 0.3) is 0 Å². The summed E-state index contributed by atoms with van der Waals surface area (Å²) in [5, 5.41) is 8.32. The second kappa shape index (κ2) is 6.48. The van der Waals surface area contributed by atoms with Crippen LogP contribution in [0.15, 0.2) is 18.3 Å². The fourth-order valence-corrected chi connectivity index (χ4v) is 1.60. The van der Waals surface area contributed by atoms with E-state index in [1.807, 2.05) is 12.1 Å². The summed E-state index contributed by atoms with van der Waals surface area (Å²) in [5.41, 5.74) is 0. The zero-order valence-corrected chi connectivity index (χ0v) is 11.4. The van der Waals surface area contributed by atoms with Crippen LogP contribution in [0, 0.1) is 3.57 Å². The van der Waals surface area contributed by atoms with Crippen molar-refractivity contribution in [1.82, 2.24) is 4.98 Å². The van der Waals surface area contributed by atoms with E-state index in [9.17, 15) is 0 Å². The molecule has 0 aromatic carbocycles. The molecule has 0 radical (unpaired) electrons. The number of pyridine rings is 1. The maximum atomic E-state index is 8.32. The minimum Gasteiger partial charge on any atom is -0.469 e. The van der Waals surface area contributed by atoms with Gasteiger partial charge in [0.1, 0.15) is 12.2 Å². The molecular formula is C11H14INO4. The Morgan fingerprint density at radius 1 is 1.29 bits per heavy atom. The Bertz CT molecular complexity index is 355. The normalized spacial score (nSPS) is 19.6. The van der Waals surface area contributed by atoms with E-state index in [1.54, 1.807) is 6.20 Å². The van der Waals surface area contributed by atoms with Crippen molar-refractivity contribution in [3.63, 3.8) is 0 Å². The number of halogens is 1. The lowest BCUT2D eigenvalue weighted by atomic mass is 10.3. The van der Waals surface area contributed by atoms with Gasteiger partial charge >= 0.3 is 0 Å². The van der Waals surface area contributed by atoms with Gasteiger partial charge in [-0.15, -0.1) is 0 Å². The molecule has 3 rings (SSSR count). The number of rotatable bonds is 2. The Morgan fingerprint density at radius 3 is 2.35 bits per heavy atom. The van der Waals surface area contributed by atoms with E-state index in [0.29, 0.717) is 32.3 Å². The highest BCUT2D eigenvalue weighted by Crippen LogP contribution is 2.19. The van der Waals surface area contributed by atoms with Crippen LogP contribution in [0.5, 0.6) is 5.88 Å². The average molecular weight is 351 g/mol. The molecule has 2 aliphatic heterocycles. The van der Waals surface area contributed by atoms with E-state index in [1.165, 1.54) is 0 Å². The van der Waals surface area contributed by atoms with Crippen molar-refractivity contribution in [2.45, 2.75) is 12.2 Å². The summed E-state index contributed by atoms with van der Waals surface area (Å²) in [6.45, 7) is 2.46. The number of hydrogen-bond donors (Lipinski definition) is 1. The molecule has 6 heteroatoms. The first kappa shape index (κ1) is 13.0. The SMILES string of the molecule is Ic1cccnc1OC1COC1.OC1COC1. The van der Waals surface area contributed by atoms with Crippen LogP contribution >= 0.6 is 22.6 Å². The van der Waals surface area contributed by atoms with Crippen LogP contribution in [-0.2, 0) is 9.47 Å². The van der Waals surface area contributed by atoms with Gasteiger partial charge in [-0.1, -0.05) is 0 Å². The summed E-state index contributed by atoms with van der Waals surface area (Å²) in [6, 6.07) is 3.87. The molecule has 0 aliphatic carbocycles. The Balaban J connectivity index is 0.000000181. The van der Waals surface area contributed by atoms with Crippen LogP contribution < -0.4 is 4.74 Å². The Labute approximate surface area is 113 Å². The van der Waals surface area contributed by atoms with Crippen LogP contribution in [0.4, 0.5) is 0 Å². The van der Waals surface area contributed by atoms with E-state index in [-0.39, 0.29) is 12.2 Å². The first-order chi connectivity index (χ1) is 8.25. The highest BCUT2D eigenvalue weighted by atomic mass is 127. The zero-order valence-electron chi connectivity index (χ0n) is 9.21. The van der Waals surface area contributed by atoms with Crippen LogP contribution in [0.2, 0.25) is 0 Å². The van der Waals surface area contributed by atoms with Crippen molar-refractivity contribution < 1.29 is 19.3 Å². The molecule has 0 bridgehead atoms. The topological polar surface area (TPSA) is 60.8 Å². The highest BCUT2D eigenvalue weighted by Gasteiger charge is 2.21. The quantitative estimate of drug-likeness (QED) is 0.801. The fraction of sp³-hybridized carbons (Fsp3) is 0.545. The minimum atomic E-state index is -0.157. The van der Waals surface area contributed by atoms with Crippen molar-refractivity contribution in [2.75, 3.05) is 26.4 Å². The molecule has 2 aliphatic rings. The number of aliphatic hydroxyl groups is 1. The molecule has 1 N–H and O–H groups in total. The second-order valence-corrected chi connectivity index (χ2v) is 4.92. The maximum absolute atomic E-state index is 8.32. The zero-order chi connectivity index (χ0) is 12.1. The predicted molar refractivity (Wildman–Crippen MR) is 69.0 cm³/mol. The van der Waals surface area contributed by atoms with Gasteiger partial charge in [-0.25, -0.2) is 4.98 Å². The van der Waals surface area contributed by atoms with E-state index in [4.69, 9.17) is 14.6 Å². The van der Waals surface area contributed by atoms with Crippen molar-refractivity contribution >= 4 is 22.6 Å². The summed E-state index contributed by atoms with van der Waals surface area (Å²) in [4.78, 5) is 4.11. The van der Waals surface area contributed by atoms with Gasteiger partial charge < -0.3 is 19.3 Å². The van der Waals surface area contributed by atoms with Crippen LogP contribution in [0.1, 0.15) is 0 Å². The summed E-state index contributed by atoms with van der Waals surface area (Å²) in [6.07, 6.45) is 1.78. The van der Waals surface area contributed by atoms with Gasteiger partial charge in [0.15, 0.2) is 0 Å². The maximum Gasteiger partial charge on any atom is 0.227 e. The summed E-state index contributed by atoms with van der Waals surface area (Å²) in [5.74, 6) is 0.714. The van der Waals surface area contributed by atoms with Gasteiger partial charge in [0.2, 0.25) is 5.88 Å². The lowest BCUT2D eigenvalue weighted by molar-refractivity contribution is -0.0936. The molecule has 3 heterocycles. The van der Waals surface area contributed by atoms with Gasteiger partial charge in [-0.3, -0.25) is 0 Å². The number of nitrogens with zero attached hydrogens (tertiary/aromatic N) is 1. The Morgan fingerprint density at radius 2 is 1.94 bits per heavy atom. The van der Waals surface area contributed by atoms with Gasteiger partial charge in [0.05, 0.1) is 30.0 Å². The number of hydrogen-bond acceptors (Lipinski definition) is 5. The molecule has 2 fully saturated rings. The summed E-state index contributed by atoms with van der Waals surface area (Å²) >= 11 is 2.21. The minimum absolute atomic E-state index is 0.157. The smallest absolute Gasteiger partial charge is 0.227 e. The number of ether oxygens (including phenoxy) is 3. The molecule has 5 nitrogen and oxygen atoms in total. The average Bonchev–Trinajstić information content (AvgIpc) is 2.24. The molecule has 17 heavy (non-hydrogen) atoms. The van der Waals surface area contributed by atoms with E-state index < -0.39 is 0 Å². The lowest BCUT2D eigenvalue weighted by Gasteiger charge is -2.26. The largest absolute Gasteiger partial charge is 0.469 e. The molecule has 0 unspecified atom stereocenters. The first-order valence-electron chi connectivity index (χ1n) is 5.36. The molecule has 0 spiro atoms. The molecule has 1 aromatic rings. The van der Waals surface area contributed by atoms with Crippen molar-refractivity contribution in [2.24, 2.45) is 0 Å². The lowest BCUT2D eigenvalue weighted by Crippen LogP contribution is -2.38. The highest BCUT2D eigenvalue weighted by molar-refractivity contribution is 14.1. The second-order valence-electron chi connectivity index (χ2n) is 3.76. The van der Waals surface area contributed by atoms with Gasteiger partial charge in [-0.05, 0) is 34.7 Å². The van der Waals surface area contributed by atoms with Gasteiger partial charge in [-0.2, -0.15) is 0 Å². The molecule has 0 amide bonds. The standard InChI is InChI=1S/C8H8INO2.C3H6O2/c9-7-2-1-3-10-8(7)12-6-4-11-5-6;4-3-1-5-2-3/h1-3,6H,4-5H2;3-4H,1-2H2. The van der Waals surface area contributed by atoms with Crippen molar-refractivity contribution in [3.05, 3.63) is 21.9 Å². The fourth-order valence-electron chi connectivity index (χ4n) is 1.12. The third-order valence-corrected chi connectivity index (χ3v) is 3.05. The molecule has 94 valence electrons. The molecular weight excluding hydrogens is 337 g/mol. The molecule has 1 aromatic heterocycles. The van der Waals surface area contributed by atoms with Crippen molar-refractivity contribution in [1.29, 1.82) is 0 Å². The summed E-state index contributed by atoms with van der Waals surface area (Å²) < 4.78 is 16.2. The van der Waals surface area contributed by atoms with Crippen molar-refractivity contribution in [3.8, 4) is 5.88 Å². The van der Waals surface area contributed by atoms with Crippen LogP contribution in [-0.4, -0.2) is 48.7 Å². The third-order valence-electron chi connectivity index (χ3n) is 2.23. The van der Waals surface area contributed by atoms with E-state index >= 15 is 0 Å². The molecule has 0 atom stereocenters. The van der Waals surface area contributed by atoms with E-state index in [2.05, 4.69) is 32.3 Å². The van der Waals surface area contributed by atoms with Crippen LogP contribution in [0.3, 0.4) is 0 Å². The Kier molecular flexibility index (Phi) is 4.96. The monoisotopic (exact) mass is 351 g/mol. The van der Waals surface area contributed by atoms with Crippen LogP contribution in [0.25, 0.3) is 0 Å². The number of aliphatic hydroxyl groups excluding tert-OH is 1. The number of aromatic nitrogens is 1. The summed E-state index contributed by atoms with van der Waals surface area (Å²) in [7, 11) is 0. The van der Waals surface area contributed by atoms with E-state index in [0.717, 1.165) is 3.57 Å². The van der Waals surface area contributed by atoms with Gasteiger partial charge in [0, 0.05) is 6.20 Å². The molecule has 2 saturated heterocycles. The first-order valence-corrected chi connectivity index (χ1v) is 6.44. The predicted octanol–water partition coefficient (Wildman–Crippen LogP) is 0.841.